The molecular weight excluding hydrogens is 170 g/mol. The minimum atomic E-state index is -0.259. The van der Waals surface area contributed by atoms with E-state index in [1.54, 1.807) is 14.0 Å². The summed E-state index contributed by atoms with van der Waals surface area (Å²) < 4.78 is 1.50. The number of nitrogen functional groups attached to an aromatic ring is 1. The van der Waals surface area contributed by atoms with E-state index in [-0.39, 0.29) is 11.5 Å². The van der Waals surface area contributed by atoms with Crippen molar-refractivity contribution in [1.82, 2.24) is 19.7 Å². The molecule has 0 atom stereocenters. The maximum Gasteiger partial charge on any atom is 0.278 e. The largest absolute Gasteiger partial charge is 0.369 e. The molecule has 0 fully saturated rings. The Morgan fingerprint density at radius 1 is 1.54 bits per heavy atom. The molecule has 0 amide bonds. The van der Waals surface area contributed by atoms with Crippen molar-refractivity contribution in [2.75, 3.05) is 5.73 Å². The lowest BCUT2D eigenvalue weighted by Crippen LogP contribution is -2.13. The van der Waals surface area contributed by atoms with Crippen LogP contribution in [-0.4, -0.2) is 19.7 Å². The van der Waals surface area contributed by atoms with Gasteiger partial charge >= 0.3 is 0 Å². The van der Waals surface area contributed by atoms with E-state index >= 15 is 0 Å². The zero-order valence-corrected chi connectivity index (χ0v) is 7.33. The number of nitrogens with zero attached hydrogens (tertiary/aromatic N) is 3. The van der Waals surface area contributed by atoms with Crippen LogP contribution < -0.4 is 11.3 Å². The van der Waals surface area contributed by atoms with Gasteiger partial charge in [0.15, 0.2) is 5.52 Å². The average Bonchev–Trinajstić information content (AvgIpc) is 2.27. The number of aryl methyl sites for hydroxylation is 2. The quantitative estimate of drug-likeness (QED) is 0.573. The first-order chi connectivity index (χ1) is 6.09. The van der Waals surface area contributed by atoms with Gasteiger partial charge in [-0.15, -0.1) is 0 Å². The molecule has 2 rings (SSSR count). The van der Waals surface area contributed by atoms with E-state index in [4.69, 9.17) is 5.73 Å². The van der Waals surface area contributed by atoms with Gasteiger partial charge in [0.05, 0.1) is 5.69 Å². The molecule has 6 nitrogen and oxygen atoms in total. The van der Waals surface area contributed by atoms with Gasteiger partial charge < -0.3 is 5.73 Å². The van der Waals surface area contributed by atoms with E-state index in [0.717, 1.165) is 0 Å². The Bertz CT molecular complexity index is 523. The Labute approximate surface area is 73.4 Å². The Hall–Kier alpha value is -1.85. The third kappa shape index (κ3) is 0.986. The number of rotatable bonds is 0. The molecule has 13 heavy (non-hydrogen) atoms. The minimum Gasteiger partial charge on any atom is -0.369 e. The molecule has 68 valence electrons. The van der Waals surface area contributed by atoms with Crippen molar-refractivity contribution in [3.63, 3.8) is 0 Å². The summed E-state index contributed by atoms with van der Waals surface area (Å²) in [5, 5.41) is 4.07. The molecule has 0 radical (unpaired) electrons. The summed E-state index contributed by atoms with van der Waals surface area (Å²) >= 11 is 0. The molecule has 0 saturated carbocycles. The molecule has 0 bridgehead atoms. The van der Waals surface area contributed by atoms with E-state index in [1.165, 1.54) is 4.68 Å². The van der Waals surface area contributed by atoms with E-state index in [9.17, 15) is 4.79 Å². The van der Waals surface area contributed by atoms with E-state index in [1.807, 2.05) is 0 Å². The summed E-state index contributed by atoms with van der Waals surface area (Å²) in [5.41, 5.74) is 6.85. The molecule has 6 heteroatoms. The maximum atomic E-state index is 11.4. The highest BCUT2D eigenvalue weighted by Crippen LogP contribution is 2.10. The first kappa shape index (κ1) is 7.78. The maximum absolute atomic E-state index is 11.4. The lowest BCUT2D eigenvalue weighted by Gasteiger charge is -1.93. The van der Waals surface area contributed by atoms with Crippen LogP contribution in [0.4, 0.5) is 5.95 Å². The van der Waals surface area contributed by atoms with Crippen LogP contribution in [0.15, 0.2) is 4.79 Å². The predicted molar refractivity (Wildman–Crippen MR) is 48.3 cm³/mol. The van der Waals surface area contributed by atoms with Crippen molar-refractivity contribution in [2.45, 2.75) is 6.92 Å². The number of aromatic amines is 1. The third-order valence-electron chi connectivity index (χ3n) is 1.88. The Morgan fingerprint density at radius 3 is 2.92 bits per heavy atom. The summed E-state index contributed by atoms with van der Waals surface area (Å²) in [6, 6.07) is 0. The van der Waals surface area contributed by atoms with E-state index < -0.39 is 0 Å². The highest BCUT2D eigenvalue weighted by atomic mass is 16.1. The number of fused-ring (bicyclic) bond motifs is 1. The number of nitrogens with one attached hydrogen (secondary N) is 1. The molecular formula is C7H9N5O. The molecule has 3 N–H and O–H groups in total. The number of hydrogen-bond donors (Lipinski definition) is 2. The van der Waals surface area contributed by atoms with Gasteiger partial charge in [-0.05, 0) is 6.92 Å². The van der Waals surface area contributed by atoms with Crippen LogP contribution in [0.5, 0.6) is 0 Å². The molecule has 0 aliphatic heterocycles. The molecule has 0 aliphatic carbocycles. The summed E-state index contributed by atoms with van der Waals surface area (Å²) in [4.78, 5) is 17.8. The molecule has 0 spiro atoms. The zero-order chi connectivity index (χ0) is 9.59. The van der Waals surface area contributed by atoms with E-state index in [2.05, 4.69) is 15.1 Å². The van der Waals surface area contributed by atoms with Gasteiger partial charge in [0, 0.05) is 7.05 Å². The normalized spacial score (nSPS) is 10.9. The number of H-pyrrole nitrogens is 1. The summed E-state index contributed by atoms with van der Waals surface area (Å²) in [7, 11) is 1.70. The second kappa shape index (κ2) is 2.32. The highest BCUT2D eigenvalue weighted by molar-refractivity contribution is 5.77. The van der Waals surface area contributed by atoms with Crippen LogP contribution in [0.2, 0.25) is 0 Å². The third-order valence-corrected chi connectivity index (χ3v) is 1.88. The van der Waals surface area contributed by atoms with Crippen LogP contribution in [0.1, 0.15) is 5.69 Å². The molecule has 0 aliphatic rings. The monoisotopic (exact) mass is 179 g/mol. The fourth-order valence-corrected chi connectivity index (χ4v) is 1.36. The van der Waals surface area contributed by atoms with Crippen molar-refractivity contribution in [2.24, 2.45) is 7.05 Å². The Morgan fingerprint density at radius 2 is 2.23 bits per heavy atom. The van der Waals surface area contributed by atoms with Crippen molar-refractivity contribution in [3.05, 3.63) is 16.0 Å². The molecule has 0 aromatic carbocycles. The van der Waals surface area contributed by atoms with Crippen LogP contribution in [0.25, 0.3) is 11.0 Å². The predicted octanol–water partition coefficient (Wildman–Crippen LogP) is -0.453. The summed E-state index contributed by atoms with van der Waals surface area (Å²) in [6.45, 7) is 1.79. The average molecular weight is 179 g/mol. The summed E-state index contributed by atoms with van der Waals surface area (Å²) in [5.74, 6) is 0.119. The van der Waals surface area contributed by atoms with Gasteiger partial charge in [-0.3, -0.25) is 14.5 Å². The lowest BCUT2D eigenvalue weighted by atomic mass is 10.4. The second-order valence-corrected chi connectivity index (χ2v) is 2.86. The number of aromatic nitrogens is 4. The van der Waals surface area contributed by atoms with Crippen LogP contribution >= 0.6 is 0 Å². The van der Waals surface area contributed by atoms with Gasteiger partial charge in [-0.1, -0.05) is 0 Å². The summed E-state index contributed by atoms with van der Waals surface area (Å²) in [6.07, 6.45) is 0. The minimum absolute atomic E-state index is 0.119. The van der Waals surface area contributed by atoms with Gasteiger partial charge in [-0.25, -0.2) is 4.98 Å². The van der Waals surface area contributed by atoms with Crippen molar-refractivity contribution >= 4 is 17.0 Å². The molecule has 2 heterocycles. The van der Waals surface area contributed by atoms with Gasteiger partial charge in [0.1, 0.15) is 5.52 Å². The molecule has 0 unspecified atom stereocenters. The lowest BCUT2D eigenvalue weighted by molar-refractivity contribution is 0.779. The van der Waals surface area contributed by atoms with Crippen molar-refractivity contribution < 1.29 is 0 Å². The highest BCUT2D eigenvalue weighted by Gasteiger charge is 2.10. The smallest absolute Gasteiger partial charge is 0.278 e. The number of anilines is 1. The standard InChI is InChI=1S/C7H9N5O/c1-3-4-5(12(2)11-3)6(13)10-7(8)9-4/h1-2H3,(H3,8,9,10,13). The topological polar surface area (TPSA) is 89.6 Å². The van der Waals surface area contributed by atoms with Gasteiger partial charge in [-0.2, -0.15) is 5.10 Å². The molecule has 2 aromatic rings. The fraction of sp³-hybridized carbons (Fsp3) is 0.286. The van der Waals surface area contributed by atoms with Crippen molar-refractivity contribution in [1.29, 1.82) is 0 Å². The Kier molecular flexibility index (Phi) is 1.39. The first-order valence-corrected chi connectivity index (χ1v) is 3.78. The molecule has 2 aromatic heterocycles. The van der Waals surface area contributed by atoms with Gasteiger partial charge in [0.2, 0.25) is 5.95 Å². The van der Waals surface area contributed by atoms with Crippen molar-refractivity contribution in [3.8, 4) is 0 Å². The van der Waals surface area contributed by atoms with Crippen LogP contribution in [0, 0.1) is 6.92 Å². The van der Waals surface area contributed by atoms with E-state index in [0.29, 0.717) is 16.7 Å². The Balaban J connectivity index is 3.06. The fourth-order valence-electron chi connectivity index (χ4n) is 1.36. The van der Waals surface area contributed by atoms with Crippen LogP contribution in [-0.2, 0) is 7.05 Å². The first-order valence-electron chi connectivity index (χ1n) is 3.78. The second-order valence-electron chi connectivity index (χ2n) is 2.86. The number of hydrogen-bond acceptors (Lipinski definition) is 4. The van der Waals surface area contributed by atoms with Crippen LogP contribution in [0.3, 0.4) is 0 Å². The van der Waals surface area contributed by atoms with Gasteiger partial charge in [0.25, 0.3) is 5.56 Å². The zero-order valence-electron chi connectivity index (χ0n) is 7.33. The number of nitrogens with two attached hydrogens (primary N) is 1. The molecule has 0 saturated heterocycles. The SMILES string of the molecule is Cc1nn(C)c2c(=O)[nH]c(N)nc12.